The first-order chi connectivity index (χ1) is 10.3. The smallest absolute Gasteiger partial charge is 0.228 e. The molecule has 1 aromatic carbocycles. The molecule has 2 aromatic rings. The van der Waals surface area contributed by atoms with Crippen LogP contribution in [0.1, 0.15) is 19.3 Å². The number of hydrogen-bond acceptors (Lipinski definition) is 4. The Morgan fingerprint density at radius 2 is 2.19 bits per heavy atom. The molecule has 1 heterocycles. The number of anilines is 1. The van der Waals surface area contributed by atoms with E-state index in [1.165, 1.54) is 0 Å². The number of aliphatic hydroxyl groups excluding tert-OH is 1. The van der Waals surface area contributed by atoms with Crippen molar-refractivity contribution in [3.05, 3.63) is 30.5 Å². The molecular weight excluding hydrogens is 268 g/mol. The van der Waals surface area contributed by atoms with Gasteiger partial charge in [0.25, 0.3) is 0 Å². The number of benzene rings is 1. The number of pyridine rings is 1. The minimum atomic E-state index is 0.0609. The van der Waals surface area contributed by atoms with Gasteiger partial charge in [0.1, 0.15) is 11.6 Å². The quantitative estimate of drug-likeness (QED) is 0.800. The van der Waals surface area contributed by atoms with E-state index in [2.05, 4.69) is 10.3 Å². The molecule has 1 aliphatic carbocycles. The van der Waals surface area contributed by atoms with Crippen LogP contribution in [0.4, 0.5) is 5.82 Å². The van der Waals surface area contributed by atoms with Crippen molar-refractivity contribution in [3.8, 4) is 5.75 Å². The van der Waals surface area contributed by atoms with Gasteiger partial charge in [-0.1, -0.05) is 6.07 Å². The van der Waals surface area contributed by atoms with Crippen LogP contribution in [0.3, 0.4) is 0 Å². The van der Waals surface area contributed by atoms with Gasteiger partial charge in [-0.05, 0) is 36.4 Å². The Morgan fingerprint density at radius 1 is 1.33 bits per heavy atom. The highest BCUT2D eigenvalue weighted by Gasteiger charge is 2.29. The first kappa shape index (κ1) is 13.8. The Kier molecular flexibility index (Phi) is 4.01. The molecule has 1 aliphatic rings. The fourth-order valence-corrected chi connectivity index (χ4v) is 2.11. The molecule has 2 N–H and O–H groups in total. The summed E-state index contributed by atoms with van der Waals surface area (Å²) in [5, 5.41) is 13.5. The molecule has 1 aromatic heterocycles. The molecule has 1 amide bonds. The molecule has 1 saturated carbocycles. The molecule has 0 radical (unpaired) electrons. The lowest BCUT2D eigenvalue weighted by molar-refractivity contribution is -0.117. The summed E-state index contributed by atoms with van der Waals surface area (Å²) in [6, 6.07) is 7.60. The summed E-state index contributed by atoms with van der Waals surface area (Å²) in [6.45, 7) is 0.615. The van der Waals surface area contributed by atoms with Gasteiger partial charge in [0, 0.05) is 30.5 Å². The molecule has 0 unspecified atom stereocenters. The number of aliphatic hydroxyl groups is 1. The Balaban J connectivity index is 1.72. The van der Waals surface area contributed by atoms with E-state index in [1.807, 2.05) is 24.3 Å². The van der Waals surface area contributed by atoms with E-state index in [0.29, 0.717) is 18.8 Å². The molecule has 5 nitrogen and oxygen atoms in total. The molecule has 110 valence electrons. The third kappa shape index (κ3) is 3.49. The minimum absolute atomic E-state index is 0.0609. The molecular formula is C16H18N2O3. The summed E-state index contributed by atoms with van der Waals surface area (Å²) in [6.07, 6.45) is 4.31. The zero-order valence-corrected chi connectivity index (χ0v) is 11.7. The average Bonchev–Trinajstić information content (AvgIpc) is 3.32. The molecule has 3 rings (SSSR count). The van der Waals surface area contributed by atoms with E-state index in [9.17, 15) is 4.79 Å². The van der Waals surface area contributed by atoms with Crippen LogP contribution >= 0.6 is 0 Å². The third-order valence-corrected chi connectivity index (χ3v) is 3.46. The second-order valence-corrected chi connectivity index (χ2v) is 5.27. The van der Waals surface area contributed by atoms with Gasteiger partial charge < -0.3 is 15.2 Å². The number of nitrogens with zero attached hydrogens (tertiary/aromatic N) is 1. The number of carbonyl (C=O) groups is 1. The first-order valence-corrected chi connectivity index (χ1v) is 7.20. The lowest BCUT2D eigenvalue weighted by Crippen LogP contribution is -2.14. The first-order valence-electron chi connectivity index (χ1n) is 7.20. The molecule has 0 atom stereocenters. The Hall–Kier alpha value is -2.14. The second-order valence-electron chi connectivity index (χ2n) is 5.27. The molecule has 0 saturated heterocycles. The van der Waals surface area contributed by atoms with Crippen LogP contribution in [0.2, 0.25) is 0 Å². The fourth-order valence-electron chi connectivity index (χ4n) is 2.11. The highest BCUT2D eigenvalue weighted by Crippen LogP contribution is 2.30. The van der Waals surface area contributed by atoms with Crippen molar-refractivity contribution < 1.29 is 14.6 Å². The van der Waals surface area contributed by atoms with Crippen LogP contribution in [-0.2, 0) is 4.79 Å². The van der Waals surface area contributed by atoms with Crippen LogP contribution in [0, 0.1) is 5.92 Å². The number of amides is 1. The van der Waals surface area contributed by atoms with Crippen molar-refractivity contribution in [2.75, 3.05) is 18.5 Å². The van der Waals surface area contributed by atoms with Crippen LogP contribution < -0.4 is 10.1 Å². The fraction of sp³-hybridized carbons (Fsp3) is 0.375. The van der Waals surface area contributed by atoms with Gasteiger partial charge in [-0.3, -0.25) is 4.79 Å². The highest BCUT2D eigenvalue weighted by atomic mass is 16.5. The maximum absolute atomic E-state index is 11.7. The highest BCUT2D eigenvalue weighted by molar-refractivity contribution is 5.95. The van der Waals surface area contributed by atoms with Crippen molar-refractivity contribution >= 4 is 22.5 Å². The topological polar surface area (TPSA) is 71.5 Å². The van der Waals surface area contributed by atoms with E-state index in [1.54, 1.807) is 6.20 Å². The number of rotatable bonds is 6. The second kappa shape index (κ2) is 6.10. The van der Waals surface area contributed by atoms with Crippen molar-refractivity contribution in [1.82, 2.24) is 4.98 Å². The molecule has 21 heavy (non-hydrogen) atoms. The summed E-state index contributed by atoms with van der Waals surface area (Å²) in [7, 11) is 0. The average molecular weight is 286 g/mol. The lowest BCUT2D eigenvalue weighted by atomic mass is 10.1. The molecule has 5 heteroatoms. The summed E-state index contributed by atoms with van der Waals surface area (Å²) in [4.78, 5) is 16.0. The van der Waals surface area contributed by atoms with Crippen molar-refractivity contribution in [2.24, 2.45) is 5.92 Å². The SMILES string of the molecule is O=C(Nc1cc2ccc(OCCCO)cc2cn1)C1CC1. The summed E-state index contributed by atoms with van der Waals surface area (Å²) in [5.41, 5.74) is 0. The number of nitrogens with one attached hydrogen (secondary N) is 1. The van der Waals surface area contributed by atoms with E-state index < -0.39 is 0 Å². The molecule has 1 fully saturated rings. The van der Waals surface area contributed by atoms with Gasteiger partial charge in [-0.2, -0.15) is 0 Å². The lowest BCUT2D eigenvalue weighted by Gasteiger charge is -2.08. The largest absolute Gasteiger partial charge is 0.493 e. The number of carbonyl (C=O) groups excluding carboxylic acids is 1. The van der Waals surface area contributed by atoms with Gasteiger partial charge >= 0.3 is 0 Å². The molecule has 0 spiro atoms. The normalized spacial score (nSPS) is 14.1. The summed E-state index contributed by atoms with van der Waals surface area (Å²) >= 11 is 0. The van der Waals surface area contributed by atoms with Gasteiger partial charge in [0.2, 0.25) is 5.91 Å². The number of fused-ring (bicyclic) bond motifs is 1. The van der Waals surface area contributed by atoms with Crippen molar-refractivity contribution in [3.63, 3.8) is 0 Å². The molecule has 0 aliphatic heterocycles. The van der Waals surface area contributed by atoms with Gasteiger partial charge in [0.05, 0.1) is 6.61 Å². The van der Waals surface area contributed by atoms with E-state index >= 15 is 0 Å². The number of ether oxygens (including phenoxy) is 1. The maximum atomic E-state index is 11.7. The number of hydrogen-bond donors (Lipinski definition) is 2. The zero-order valence-electron chi connectivity index (χ0n) is 11.7. The van der Waals surface area contributed by atoms with Gasteiger partial charge in [0.15, 0.2) is 0 Å². The van der Waals surface area contributed by atoms with E-state index in [-0.39, 0.29) is 18.4 Å². The third-order valence-electron chi connectivity index (χ3n) is 3.46. The Morgan fingerprint density at radius 3 is 2.95 bits per heavy atom. The molecule has 0 bridgehead atoms. The standard InChI is InChI=1S/C16H18N2O3/c19-6-1-7-21-14-5-4-12-9-15(17-10-13(12)8-14)18-16(20)11-2-3-11/h4-5,8-11,19H,1-3,6-7H2,(H,17,18,20). The van der Waals surface area contributed by atoms with Crippen LogP contribution in [0.5, 0.6) is 5.75 Å². The van der Waals surface area contributed by atoms with Crippen molar-refractivity contribution in [2.45, 2.75) is 19.3 Å². The maximum Gasteiger partial charge on any atom is 0.228 e. The van der Waals surface area contributed by atoms with Gasteiger partial charge in [-0.15, -0.1) is 0 Å². The predicted octanol–water partition coefficient (Wildman–Crippen LogP) is 2.34. The zero-order chi connectivity index (χ0) is 14.7. The summed E-state index contributed by atoms with van der Waals surface area (Å²) in [5.74, 6) is 1.58. The monoisotopic (exact) mass is 286 g/mol. The van der Waals surface area contributed by atoms with Crippen LogP contribution in [-0.4, -0.2) is 29.2 Å². The summed E-state index contributed by atoms with van der Waals surface area (Å²) < 4.78 is 5.53. The number of aromatic nitrogens is 1. The Bertz CT molecular complexity index is 653. The minimum Gasteiger partial charge on any atom is -0.493 e. The van der Waals surface area contributed by atoms with Crippen LogP contribution in [0.15, 0.2) is 30.5 Å². The van der Waals surface area contributed by atoms with Crippen molar-refractivity contribution in [1.29, 1.82) is 0 Å². The Labute approximate surface area is 123 Å². The predicted molar refractivity (Wildman–Crippen MR) is 80.3 cm³/mol. The van der Waals surface area contributed by atoms with Crippen LogP contribution in [0.25, 0.3) is 10.8 Å². The van der Waals surface area contributed by atoms with E-state index in [4.69, 9.17) is 9.84 Å². The van der Waals surface area contributed by atoms with E-state index in [0.717, 1.165) is 29.4 Å². The van der Waals surface area contributed by atoms with Gasteiger partial charge in [-0.25, -0.2) is 4.98 Å².